The van der Waals surface area contributed by atoms with E-state index in [1.54, 1.807) is 0 Å². The zero-order valence-electron chi connectivity index (χ0n) is 8.45. The Bertz CT molecular complexity index is 278. The second kappa shape index (κ2) is 6.22. The molecule has 0 spiro atoms. The molecule has 0 bridgehead atoms. The van der Waals surface area contributed by atoms with Crippen molar-refractivity contribution in [3.05, 3.63) is 29.8 Å². The van der Waals surface area contributed by atoms with Crippen LogP contribution < -0.4 is 4.74 Å². The molecule has 1 atom stereocenters. The first-order chi connectivity index (χ1) is 6.84. The van der Waals surface area contributed by atoms with Gasteiger partial charge in [-0.25, -0.2) is 0 Å². The van der Waals surface area contributed by atoms with Crippen LogP contribution in [-0.4, -0.2) is 31.8 Å². The molecule has 1 unspecified atom stereocenters. The molecule has 1 aromatic rings. The molecule has 1 heterocycles. The van der Waals surface area contributed by atoms with E-state index in [4.69, 9.17) is 9.47 Å². The Hall–Kier alpha value is -0.423. The van der Waals surface area contributed by atoms with Gasteiger partial charge in [0, 0.05) is 12.5 Å². The van der Waals surface area contributed by atoms with Crippen LogP contribution in [0.4, 0.5) is 0 Å². The van der Waals surface area contributed by atoms with E-state index in [0.29, 0.717) is 0 Å². The molecular formula is C12H16LiO2. The molecule has 0 N–H and O–H groups in total. The minimum absolute atomic E-state index is 0. The van der Waals surface area contributed by atoms with E-state index in [0.717, 1.165) is 25.2 Å². The van der Waals surface area contributed by atoms with Crippen LogP contribution in [0.15, 0.2) is 18.2 Å². The molecule has 1 aliphatic heterocycles. The van der Waals surface area contributed by atoms with Crippen LogP contribution >= 0.6 is 0 Å². The van der Waals surface area contributed by atoms with Gasteiger partial charge in [0.2, 0.25) is 0 Å². The quantitative estimate of drug-likeness (QED) is 0.679. The van der Waals surface area contributed by atoms with Crippen molar-refractivity contribution in [1.82, 2.24) is 0 Å². The molecule has 1 aliphatic rings. The SMILES string of the molecule is Cc1c[c]c(OC2CCCCO2)cc1.[LiH]. The fourth-order valence-electron chi connectivity index (χ4n) is 1.51. The molecule has 1 saturated heterocycles. The summed E-state index contributed by atoms with van der Waals surface area (Å²) in [7, 11) is 0. The second-order valence-electron chi connectivity index (χ2n) is 3.64. The monoisotopic (exact) mass is 199 g/mol. The second-order valence-corrected chi connectivity index (χ2v) is 3.64. The Labute approximate surface area is 103 Å². The maximum absolute atomic E-state index is 5.63. The first-order valence-electron chi connectivity index (χ1n) is 5.11. The Morgan fingerprint density at radius 2 is 2.27 bits per heavy atom. The fraction of sp³-hybridized carbons (Fsp3) is 0.500. The van der Waals surface area contributed by atoms with Gasteiger partial charge in [0.1, 0.15) is 5.75 Å². The van der Waals surface area contributed by atoms with Crippen molar-refractivity contribution in [3.8, 4) is 5.75 Å². The van der Waals surface area contributed by atoms with Crippen molar-refractivity contribution >= 4 is 18.9 Å². The van der Waals surface area contributed by atoms with Crippen molar-refractivity contribution in [2.24, 2.45) is 0 Å². The summed E-state index contributed by atoms with van der Waals surface area (Å²) in [5, 5.41) is 0. The maximum atomic E-state index is 5.63. The molecule has 1 aromatic carbocycles. The van der Waals surface area contributed by atoms with Crippen LogP contribution in [-0.2, 0) is 4.74 Å². The summed E-state index contributed by atoms with van der Waals surface area (Å²) in [5.74, 6) is 0.780. The number of rotatable bonds is 2. The van der Waals surface area contributed by atoms with Crippen LogP contribution in [0.2, 0.25) is 0 Å². The van der Waals surface area contributed by atoms with Gasteiger partial charge in [-0.3, -0.25) is 0 Å². The summed E-state index contributed by atoms with van der Waals surface area (Å²) in [6, 6.07) is 8.97. The van der Waals surface area contributed by atoms with Crippen LogP contribution in [0.5, 0.6) is 5.75 Å². The first kappa shape index (κ1) is 12.6. The van der Waals surface area contributed by atoms with Crippen LogP contribution in [0.3, 0.4) is 0 Å². The van der Waals surface area contributed by atoms with Gasteiger partial charge in [0.05, 0.1) is 6.61 Å². The third-order valence-corrected chi connectivity index (χ3v) is 2.34. The average molecular weight is 199 g/mol. The topological polar surface area (TPSA) is 18.5 Å². The van der Waals surface area contributed by atoms with E-state index in [-0.39, 0.29) is 25.2 Å². The number of hydrogen-bond acceptors (Lipinski definition) is 2. The van der Waals surface area contributed by atoms with Gasteiger partial charge in [0.15, 0.2) is 6.29 Å². The van der Waals surface area contributed by atoms with Crippen molar-refractivity contribution in [2.45, 2.75) is 32.5 Å². The van der Waals surface area contributed by atoms with E-state index >= 15 is 0 Å². The fourth-order valence-corrected chi connectivity index (χ4v) is 1.51. The molecule has 0 aromatic heterocycles. The Kier molecular flexibility index (Phi) is 5.25. The van der Waals surface area contributed by atoms with Crippen LogP contribution in [0.25, 0.3) is 0 Å². The zero-order chi connectivity index (χ0) is 9.80. The Balaban J connectivity index is 0.00000112. The number of aryl methyl sites for hydroxylation is 1. The first-order valence-corrected chi connectivity index (χ1v) is 5.11. The summed E-state index contributed by atoms with van der Waals surface area (Å²) >= 11 is 0. The summed E-state index contributed by atoms with van der Waals surface area (Å²) in [4.78, 5) is 0. The standard InChI is InChI=1S/C12H15O2.Li.H/c1-10-5-7-11(8-6-10)14-12-4-2-3-9-13-12;;/h5-7,12H,2-4,9H2,1H3;;. The van der Waals surface area contributed by atoms with E-state index in [9.17, 15) is 0 Å². The summed E-state index contributed by atoms with van der Waals surface area (Å²) < 4.78 is 11.1. The Morgan fingerprint density at radius 3 is 2.87 bits per heavy atom. The van der Waals surface area contributed by atoms with Gasteiger partial charge in [0.25, 0.3) is 0 Å². The molecule has 77 valence electrons. The molecule has 0 aliphatic carbocycles. The number of ether oxygens (including phenoxy) is 2. The van der Waals surface area contributed by atoms with Gasteiger partial charge in [-0.15, -0.1) is 0 Å². The molecule has 15 heavy (non-hydrogen) atoms. The van der Waals surface area contributed by atoms with Crippen LogP contribution in [0, 0.1) is 13.0 Å². The molecule has 0 amide bonds. The number of benzene rings is 1. The molecule has 1 fully saturated rings. The van der Waals surface area contributed by atoms with E-state index in [1.165, 1.54) is 12.0 Å². The Morgan fingerprint density at radius 1 is 1.40 bits per heavy atom. The van der Waals surface area contributed by atoms with Crippen LogP contribution in [0.1, 0.15) is 24.8 Å². The molecular weight excluding hydrogens is 183 g/mol. The normalized spacial score (nSPS) is 20.5. The van der Waals surface area contributed by atoms with Crippen molar-refractivity contribution < 1.29 is 9.47 Å². The van der Waals surface area contributed by atoms with Crippen molar-refractivity contribution in [3.63, 3.8) is 0 Å². The summed E-state index contributed by atoms with van der Waals surface area (Å²) in [6.07, 6.45) is 3.26. The van der Waals surface area contributed by atoms with Gasteiger partial charge in [-0.1, -0.05) is 11.6 Å². The van der Waals surface area contributed by atoms with E-state index in [1.807, 2.05) is 25.1 Å². The number of hydrogen-bond donors (Lipinski definition) is 0. The predicted octanol–water partition coefficient (Wildman–Crippen LogP) is 2.05. The van der Waals surface area contributed by atoms with E-state index < -0.39 is 0 Å². The molecule has 2 rings (SSSR count). The van der Waals surface area contributed by atoms with E-state index in [2.05, 4.69) is 6.07 Å². The van der Waals surface area contributed by atoms with Gasteiger partial charge in [-0.05, 0) is 31.9 Å². The summed E-state index contributed by atoms with van der Waals surface area (Å²) in [5.41, 5.74) is 1.20. The zero-order valence-corrected chi connectivity index (χ0v) is 8.45. The minimum atomic E-state index is -0.0669. The predicted molar refractivity (Wildman–Crippen MR) is 61.4 cm³/mol. The summed E-state index contributed by atoms with van der Waals surface area (Å²) in [6.45, 7) is 2.86. The van der Waals surface area contributed by atoms with Gasteiger partial charge in [-0.2, -0.15) is 0 Å². The van der Waals surface area contributed by atoms with Crippen molar-refractivity contribution in [1.29, 1.82) is 0 Å². The third-order valence-electron chi connectivity index (χ3n) is 2.34. The molecule has 3 heteroatoms. The molecule has 0 saturated carbocycles. The average Bonchev–Trinajstić information content (AvgIpc) is 2.23. The molecule has 1 radical (unpaired) electrons. The third kappa shape index (κ3) is 3.91. The van der Waals surface area contributed by atoms with Gasteiger partial charge < -0.3 is 9.47 Å². The van der Waals surface area contributed by atoms with Crippen molar-refractivity contribution in [2.75, 3.05) is 6.61 Å². The van der Waals surface area contributed by atoms with Gasteiger partial charge >= 0.3 is 18.9 Å². The molecule has 2 nitrogen and oxygen atoms in total.